The molecule has 0 radical (unpaired) electrons. The lowest BCUT2D eigenvalue weighted by Crippen LogP contribution is -2.29. The van der Waals surface area contributed by atoms with Crippen LogP contribution in [0.3, 0.4) is 0 Å². The molecule has 4 heteroatoms. The molecule has 4 nitrogen and oxygen atoms in total. The molecule has 1 fully saturated rings. The largest absolute Gasteiger partial charge is 0.341 e. The van der Waals surface area contributed by atoms with Crippen molar-refractivity contribution in [2.45, 2.75) is 31.7 Å². The number of nitrogens with two attached hydrogens (primary N) is 2. The van der Waals surface area contributed by atoms with Crippen molar-refractivity contribution in [1.29, 1.82) is 0 Å². The Hall–Kier alpha value is -0.610. The minimum atomic E-state index is 0.0574. The van der Waals surface area contributed by atoms with Gasteiger partial charge < -0.3 is 16.4 Å². The van der Waals surface area contributed by atoms with Crippen LogP contribution in [0.5, 0.6) is 0 Å². The molecule has 1 aliphatic rings. The third-order valence-electron chi connectivity index (χ3n) is 2.38. The number of rotatable bonds is 5. The molecule has 1 saturated heterocycles. The summed E-state index contributed by atoms with van der Waals surface area (Å²) in [5.74, 6) is 0.209. The third-order valence-corrected chi connectivity index (χ3v) is 2.38. The van der Waals surface area contributed by atoms with Gasteiger partial charge in [0, 0.05) is 25.6 Å². The van der Waals surface area contributed by atoms with Gasteiger partial charge in [0.15, 0.2) is 0 Å². The molecule has 1 rings (SSSR count). The highest BCUT2D eigenvalue weighted by atomic mass is 16.2. The van der Waals surface area contributed by atoms with Crippen molar-refractivity contribution in [2.24, 2.45) is 11.5 Å². The van der Waals surface area contributed by atoms with Crippen molar-refractivity contribution < 1.29 is 4.79 Å². The van der Waals surface area contributed by atoms with Crippen LogP contribution in [0.15, 0.2) is 0 Å². The predicted octanol–water partition coefficient (Wildman–Crippen LogP) is -0.325. The molecule has 4 N–H and O–H groups in total. The van der Waals surface area contributed by atoms with E-state index in [-0.39, 0.29) is 11.9 Å². The topological polar surface area (TPSA) is 72.3 Å². The van der Waals surface area contributed by atoms with E-state index in [4.69, 9.17) is 11.5 Å². The van der Waals surface area contributed by atoms with E-state index in [9.17, 15) is 4.79 Å². The van der Waals surface area contributed by atoms with Gasteiger partial charge >= 0.3 is 0 Å². The van der Waals surface area contributed by atoms with E-state index in [0.29, 0.717) is 6.42 Å². The van der Waals surface area contributed by atoms with E-state index >= 15 is 0 Å². The maximum Gasteiger partial charge on any atom is 0.224 e. The van der Waals surface area contributed by atoms with Crippen molar-refractivity contribution >= 4 is 5.91 Å². The average molecular weight is 185 g/mol. The summed E-state index contributed by atoms with van der Waals surface area (Å²) in [6, 6.07) is 0.0574. The number of hydrogen-bond acceptors (Lipinski definition) is 3. The van der Waals surface area contributed by atoms with Gasteiger partial charge in [-0.1, -0.05) is 6.42 Å². The van der Waals surface area contributed by atoms with Gasteiger partial charge in [-0.25, -0.2) is 0 Å². The molecule has 1 heterocycles. The summed E-state index contributed by atoms with van der Waals surface area (Å²) in [6.07, 6.45) is 3.73. The maximum atomic E-state index is 11.3. The number of unbranched alkanes of at least 4 members (excludes halogenated alkanes) is 2. The minimum Gasteiger partial charge on any atom is -0.341 e. The van der Waals surface area contributed by atoms with Gasteiger partial charge in [0.1, 0.15) is 0 Å². The van der Waals surface area contributed by atoms with Crippen molar-refractivity contribution in [3.05, 3.63) is 0 Å². The Morgan fingerprint density at radius 2 is 2.15 bits per heavy atom. The summed E-state index contributed by atoms with van der Waals surface area (Å²) >= 11 is 0. The number of amides is 1. The summed E-state index contributed by atoms with van der Waals surface area (Å²) in [7, 11) is 0. The Kier molecular flexibility index (Phi) is 4.18. The highest BCUT2D eigenvalue weighted by Gasteiger charge is 2.25. The highest BCUT2D eigenvalue weighted by molar-refractivity contribution is 5.79. The molecule has 0 aromatic carbocycles. The lowest BCUT2D eigenvalue weighted by atomic mass is 10.2. The smallest absolute Gasteiger partial charge is 0.224 e. The summed E-state index contributed by atoms with van der Waals surface area (Å²) in [4.78, 5) is 13.1. The summed E-state index contributed by atoms with van der Waals surface area (Å²) in [6.45, 7) is 2.33. The van der Waals surface area contributed by atoms with E-state index in [1.807, 2.05) is 4.90 Å². The first-order valence-corrected chi connectivity index (χ1v) is 4.97. The van der Waals surface area contributed by atoms with Crippen LogP contribution in [0.1, 0.15) is 25.7 Å². The molecule has 1 atom stereocenters. The van der Waals surface area contributed by atoms with Crippen molar-refractivity contribution in [2.75, 3.05) is 19.6 Å². The van der Waals surface area contributed by atoms with E-state index in [1.54, 1.807) is 0 Å². The molecule has 0 aliphatic carbocycles. The highest BCUT2D eigenvalue weighted by Crippen LogP contribution is 2.10. The predicted molar refractivity (Wildman–Crippen MR) is 52.1 cm³/mol. The van der Waals surface area contributed by atoms with Crippen LogP contribution in [0.4, 0.5) is 0 Å². The Bertz CT molecular complexity index is 172. The SMILES string of the molecule is NCCCCCN1CC(N)CC1=O. The first-order valence-electron chi connectivity index (χ1n) is 4.97. The molecule has 1 amide bonds. The lowest BCUT2D eigenvalue weighted by molar-refractivity contribution is -0.127. The van der Waals surface area contributed by atoms with Gasteiger partial charge in [0.05, 0.1) is 0 Å². The summed E-state index contributed by atoms with van der Waals surface area (Å²) < 4.78 is 0. The summed E-state index contributed by atoms with van der Waals surface area (Å²) in [5.41, 5.74) is 11.0. The second-order valence-electron chi connectivity index (χ2n) is 3.65. The van der Waals surface area contributed by atoms with Gasteiger partial charge in [-0.05, 0) is 19.4 Å². The molecule has 76 valence electrons. The monoisotopic (exact) mass is 185 g/mol. The number of hydrogen-bond donors (Lipinski definition) is 2. The third kappa shape index (κ3) is 3.32. The number of carbonyl (C=O) groups is 1. The zero-order valence-corrected chi connectivity index (χ0v) is 8.04. The quantitative estimate of drug-likeness (QED) is 0.576. The molecule has 13 heavy (non-hydrogen) atoms. The van der Waals surface area contributed by atoms with E-state index < -0.39 is 0 Å². The van der Waals surface area contributed by atoms with Crippen molar-refractivity contribution in [3.63, 3.8) is 0 Å². The van der Waals surface area contributed by atoms with Crippen LogP contribution in [-0.4, -0.2) is 36.5 Å². The number of likely N-dealkylation sites (tertiary alicyclic amines) is 1. The molecular weight excluding hydrogens is 166 g/mol. The Labute approximate surface area is 79.3 Å². The number of carbonyl (C=O) groups excluding carboxylic acids is 1. The van der Waals surface area contributed by atoms with Gasteiger partial charge in [-0.3, -0.25) is 4.79 Å². The Morgan fingerprint density at radius 1 is 1.38 bits per heavy atom. The molecule has 0 spiro atoms. The fourth-order valence-corrected chi connectivity index (χ4v) is 1.64. The van der Waals surface area contributed by atoms with Gasteiger partial charge in [-0.2, -0.15) is 0 Å². The minimum absolute atomic E-state index is 0.0574. The molecule has 0 aromatic heterocycles. The van der Waals surface area contributed by atoms with Crippen LogP contribution in [0, 0.1) is 0 Å². The zero-order chi connectivity index (χ0) is 9.68. The van der Waals surface area contributed by atoms with E-state index in [1.165, 1.54) is 0 Å². The molecule has 0 bridgehead atoms. The van der Waals surface area contributed by atoms with Crippen molar-refractivity contribution in [1.82, 2.24) is 4.90 Å². The Morgan fingerprint density at radius 3 is 2.69 bits per heavy atom. The first-order chi connectivity index (χ1) is 6.24. The average Bonchev–Trinajstić information content (AvgIpc) is 2.39. The maximum absolute atomic E-state index is 11.3. The van der Waals surface area contributed by atoms with Gasteiger partial charge in [-0.15, -0.1) is 0 Å². The normalized spacial score (nSPS) is 22.8. The number of nitrogens with zero attached hydrogens (tertiary/aromatic N) is 1. The van der Waals surface area contributed by atoms with Crippen LogP contribution in [-0.2, 0) is 4.79 Å². The van der Waals surface area contributed by atoms with E-state index in [2.05, 4.69) is 0 Å². The Balaban J connectivity index is 2.11. The van der Waals surface area contributed by atoms with Gasteiger partial charge in [0.25, 0.3) is 0 Å². The van der Waals surface area contributed by atoms with Crippen LogP contribution < -0.4 is 11.5 Å². The van der Waals surface area contributed by atoms with Gasteiger partial charge in [0.2, 0.25) is 5.91 Å². The molecule has 0 aromatic rings. The summed E-state index contributed by atoms with van der Waals surface area (Å²) in [5, 5.41) is 0. The molecular formula is C9H19N3O. The fraction of sp³-hybridized carbons (Fsp3) is 0.889. The van der Waals surface area contributed by atoms with Crippen LogP contribution in [0.25, 0.3) is 0 Å². The first kappa shape index (κ1) is 10.5. The molecule has 1 unspecified atom stereocenters. The standard InChI is InChI=1S/C9H19N3O/c10-4-2-1-3-5-12-7-8(11)6-9(12)13/h8H,1-7,10-11H2. The van der Waals surface area contributed by atoms with Crippen LogP contribution >= 0.6 is 0 Å². The van der Waals surface area contributed by atoms with Crippen LogP contribution in [0.2, 0.25) is 0 Å². The van der Waals surface area contributed by atoms with Crippen molar-refractivity contribution in [3.8, 4) is 0 Å². The fourth-order valence-electron chi connectivity index (χ4n) is 1.64. The molecule has 1 aliphatic heterocycles. The second-order valence-corrected chi connectivity index (χ2v) is 3.65. The zero-order valence-electron chi connectivity index (χ0n) is 8.04. The second kappa shape index (κ2) is 5.19. The van der Waals surface area contributed by atoms with E-state index in [0.717, 1.165) is 38.9 Å². The molecule has 0 saturated carbocycles. The lowest BCUT2D eigenvalue weighted by Gasteiger charge is -2.15.